The first-order valence-electron chi connectivity index (χ1n) is 8.47. The molecule has 2 atom stereocenters. The van der Waals surface area contributed by atoms with Crippen molar-refractivity contribution in [3.63, 3.8) is 0 Å². The van der Waals surface area contributed by atoms with Crippen LogP contribution in [-0.2, 0) is 0 Å². The largest absolute Gasteiger partial charge is 0.337 e. The van der Waals surface area contributed by atoms with Crippen LogP contribution in [0.25, 0.3) is 0 Å². The van der Waals surface area contributed by atoms with E-state index < -0.39 is 0 Å². The number of rotatable bonds is 6. The van der Waals surface area contributed by atoms with Gasteiger partial charge in [0.15, 0.2) is 0 Å². The fourth-order valence-corrected chi connectivity index (χ4v) is 2.76. The van der Waals surface area contributed by atoms with Gasteiger partial charge < -0.3 is 10.2 Å². The fourth-order valence-electron chi connectivity index (χ4n) is 2.76. The van der Waals surface area contributed by atoms with E-state index >= 15 is 0 Å². The fraction of sp³-hybridized carbons (Fsp3) is 0.400. The van der Waals surface area contributed by atoms with Crippen molar-refractivity contribution in [3.05, 3.63) is 66.0 Å². The topological polar surface area (TPSA) is 45.2 Å². The molecule has 24 heavy (non-hydrogen) atoms. The molecule has 2 aromatic rings. The van der Waals surface area contributed by atoms with Crippen molar-refractivity contribution in [1.82, 2.24) is 15.2 Å². The number of hydrogen-bond acceptors (Lipinski definition) is 2. The van der Waals surface area contributed by atoms with Crippen LogP contribution in [0.15, 0.2) is 54.7 Å². The molecule has 1 aromatic carbocycles. The lowest BCUT2D eigenvalue weighted by Crippen LogP contribution is -2.41. The van der Waals surface area contributed by atoms with E-state index in [4.69, 9.17) is 0 Å². The molecule has 2 unspecified atom stereocenters. The average Bonchev–Trinajstić information content (AvgIpc) is 2.61. The van der Waals surface area contributed by atoms with Gasteiger partial charge in [-0.15, -0.1) is 0 Å². The van der Waals surface area contributed by atoms with E-state index in [1.165, 1.54) is 5.56 Å². The van der Waals surface area contributed by atoms with Gasteiger partial charge in [-0.25, -0.2) is 4.79 Å². The van der Waals surface area contributed by atoms with Crippen LogP contribution in [0.3, 0.4) is 0 Å². The predicted octanol–water partition coefficient (Wildman–Crippen LogP) is 4.22. The second kappa shape index (κ2) is 8.48. The zero-order valence-corrected chi connectivity index (χ0v) is 14.9. The maximum atomic E-state index is 12.5. The summed E-state index contributed by atoms with van der Waals surface area (Å²) in [5.41, 5.74) is 2.15. The van der Waals surface area contributed by atoms with Gasteiger partial charge in [-0.3, -0.25) is 4.98 Å². The number of aromatic nitrogens is 1. The normalized spacial score (nSPS) is 13.4. The van der Waals surface area contributed by atoms with Crippen molar-refractivity contribution in [2.45, 2.75) is 32.7 Å². The molecule has 4 heteroatoms. The maximum absolute atomic E-state index is 12.5. The summed E-state index contributed by atoms with van der Waals surface area (Å²) in [5, 5.41) is 3.07. The Balaban J connectivity index is 1.98. The van der Waals surface area contributed by atoms with Gasteiger partial charge in [0.25, 0.3) is 0 Å². The van der Waals surface area contributed by atoms with Gasteiger partial charge in [0.1, 0.15) is 0 Å². The van der Waals surface area contributed by atoms with E-state index in [0.717, 1.165) is 5.69 Å². The third-order valence-electron chi connectivity index (χ3n) is 4.52. The predicted molar refractivity (Wildman–Crippen MR) is 97.8 cm³/mol. The Bertz CT molecular complexity index is 628. The van der Waals surface area contributed by atoms with Crippen LogP contribution in [0.4, 0.5) is 4.79 Å². The van der Waals surface area contributed by atoms with Crippen LogP contribution in [0.1, 0.15) is 44.0 Å². The van der Waals surface area contributed by atoms with Crippen molar-refractivity contribution in [1.29, 1.82) is 0 Å². The summed E-state index contributed by atoms with van der Waals surface area (Å²) in [7, 11) is 1.81. The van der Waals surface area contributed by atoms with Gasteiger partial charge in [-0.2, -0.15) is 0 Å². The van der Waals surface area contributed by atoms with E-state index in [1.54, 1.807) is 11.1 Å². The first kappa shape index (κ1) is 18.0. The summed E-state index contributed by atoms with van der Waals surface area (Å²) >= 11 is 0. The second-order valence-corrected chi connectivity index (χ2v) is 6.49. The molecule has 0 bridgehead atoms. The average molecular weight is 325 g/mol. The van der Waals surface area contributed by atoms with Gasteiger partial charge in [-0.1, -0.05) is 50.2 Å². The summed E-state index contributed by atoms with van der Waals surface area (Å²) in [6.45, 7) is 6.98. The van der Waals surface area contributed by atoms with Crippen LogP contribution in [0.5, 0.6) is 0 Å². The molecule has 1 N–H and O–H groups in total. The third-order valence-corrected chi connectivity index (χ3v) is 4.52. The van der Waals surface area contributed by atoms with Gasteiger partial charge in [0.2, 0.25) is 0 Å². The Morgan fingerprint density at radius 2 is 1.75 bits per heavy atom. The molecule has 0 spiro atoms. The third kappa shape index (κ3) is 4.57. The monoisotopic (exact) mass is 325 g/mol. The summed E-state index contributed by atoms with van der Waals surface area (Å²) in [6.07, 6.45) is 1.75. The van der Waals surface area contributed by atoms with Crippen LogP contribution >= 0.6 is 0 Å². The molecular formula is C20H27N3O. The summed E-state index contributed by atoms with van der Waals surface area (Å²) in [5.74, 6) is 0.750. The number of nitrogens with one attached hydrogen (secondary N) is 1. The number of pyridine rings is 1. The van der Waals surface area contributed by atoms with E-state index in [0.29, 0.717) is 18.4 Å². The number of carbonyl (C=O) groups excluding carboxylic acids is 1. The molecule has 4 nitrogen and oxygen atoms in total. The highest BCUT2D eigenvalue weighted by Crippen LogP contribution is 2.23. The number of carbonyl (C=O) groups is 1. The van der Waals surface area contributed by atoms with Crippen LogP contribution in [-0.4, -0.2) is 29.5 Å². The molecule has 0 fully saturated rings. The van der Waals surface area contributed by atoms with Gasteiger partial charge in [-0.05, 0) is 30.5 Å². The van der Waals surface area contributed by atoms with Crippen molar-refractivity contribution < 1.29 is 4.79 Å². The zero-order chi connectivity index (χ0) is 17.5. The molecule has 2 rings (SSSR count). The number of benzene rings is 1. The summed E-state index contributed by atoms with van der Waals surface area (Å²) in [6, 6.07) is 16.0. The molecule has 0 aliphatic carbocycles. The quantitative estimate of drug-likeness (QED) is 0.864. The van der Waals surface area contributed by atoms with Crippen molar-refractivity contribution in [2.75, 3.05) is 13.6 Å². The number of amides is 2. The highest BCUT2D eigenvalue weighted by molar-refractivity contribution is 5.74. The van der Waals surface area contributed by atoms with Crippen LogP contribution in [0, 0.1) is 5.92 Å². The Morgan fingerprint density at radius 3 is 2.33 bits per heavy atom. The van der Waals surface area contributed by atoms with E-state index in [-0.39, 0.29) is 12.1 Å². The number of urea groups is 1. The summed E-state index contributed by atoms with van der Waals surface area (Å²) < 4.78 is 0. The first-order valence-corrected chi connectivity index (χ1v) is 8.47. The molecule has 1 aromatic heterocycles. The van der Waals surface area contributed by atoms with Crippen molar-refractivity contribution in [3.8, 4) is 0 Å². The molecule has 1 heterocycles. The highest BCUT2D eigenvalue weighted by atomic mass is 16.2. The summed E-state index contributed by atoms with van der Waals surface area (Å²) in [4.78, 5) is 18.5. The first-order chi connectivity index (χ1) is 11.5. The van der Waals surface area contributed by atoms with E-state index in [1.807, 2.05) is 50.4 Å². The van der Waals surface area contributed by atoms with E-state index in [2.05, 4.69) is 36.3 Å². The zero-order valence-electron chi connectivity index (χ0n) is 14.9. The smallest absolute Gasteiger partial charge is 0.317 e. The molecule has 0 radical (unpaired) electrons. The standard InChI is InChI=1S/C20H27N3O/c1-15(2)18(17-10-6-5-7-11-17)14-22-20(24)23(4)16(3)19-12-8-9-13-21-19/h5-13,15-16,18H,14H2,1-4H3,(H,22,24). The van der Waals surface area contributed by atoms with Gasteiger partial charge >= 0.3 is 6.03 Å². The SMILES string of the molecule is CC(C)C(CNC(=O)N(C)C(C)c1ccccn1)c1ccccc1. The van der Waals surface area contributed by atoms with Crippen molar-refractivity contribution >= 4 is 6.03 Å². The van der Waals surface area contributed by atoms with Crippen LogP contribution < -0.4 is 5.32 Å². The lowest BCUT2D eigenvalue weighted by molar-refractivity contribution is 0.192. The molecular weight excluding hydrogens is 298 g/mol. The molecule has 0 saturated carbocycles. The highest BCUT2D eigenvalue weighted by Gasteiger charge is 2.21. The lowest BCUT2D eigenvalue weighted by Gasteiger charge is -2.27. The van der Waals surface area contributed by atoms with Gasteiger partial charge in [0.05, 0.1) is 11.7 Å². The Kier molecular flexibility index (Phi) is 6.36. The maximum Gasteiger partial charge on any atom is 0.317 e. The van der Waals surface area contributed by atoms with Crippen LogP contribution in [0.2, 0.25) is 0 Å². The van der Waals surface area contributed by atoms with Gasteiger partial charge in [0, 0.05) is 25.7 Å². The molecule has 2 amide bonds. The molecule has 128 valence electrons. The molecule has 0 aliphatic rings. The Hall–Kier alpha value is -2.36. The Morgan fingerprint density at radius 1 is 1.08 bits per heavy atom. The minimum Gasteiger partial charge on any atom is -0.337 e. The minimum atomic E-state index is -0.0743. The van der Waals surface area contributed by atoms with Crippen molar-refractivity contribution in [2.24, 2.45) is 5.92 Å². The number of hydrogen-bond donors (Lipinski definition) is 1. The molecule has 0 saturated heterocycles. The minimum absolute atomic E-state index is 0.0691. The molecule has 0 aliphatic heterocycles. The number of nitrogens with zero attached hydrogens (tertiary/aromatic N) is 2. The Labute approximate surface area is 144 Å². The lowest BCUT2D eigenvalue weighted by atomic mass is 9.88. The van der Waals surface area contributed by atoms with E-state index in [9.17, 15) is 4.79 Å². The second-order valence-electron chi connectivity index (χ2n) is 6.49.